The van der Waals surface area contributed by atoms with E-state index in [1.165, 1.54) is 24.4 Å². The molecule has 2 bridgehead atoms. The maximum atomic E-state index is 13.7. The lowest BCUT2D eigenvalue weighted by atomic mass is 9.81. The van der Waals surface area contributed by atoms with E-state index in [2.05, 4.69) is 36.5 Å². The van der Waals surface area contributed by atoms with Gasteiger partial charge in [0.1, 0.15) is 22.7 Å². The number of carbonyl (C=O) groups is 5. The van der Waals surface area contributed by atoms with E-state index in [-0.39, 0.29) is 61.2 Å². The minimum Gasteiger partial charge on any atom is -0.494 e. The number of aromatic nitrogens is 1. The van der Waals surface area contributed by atoms with Gasteiger partial charge in [-0.2, -0.15) is 5.11 Å². The number of amides is 5. The zero-order chi connectivity index (χ0) is 41.4. The quantitative estimate of drug-likeness (QED) is 0.0458. The summed E-state index contributed by atoms with van der Waals surface area (Å²) in [7, 11) is -3.92. The fourth-order valence-corrected chi connectivity index (χ4v) is 6.88. The summed E-state index contributed by atoms with van der Waals surface area (Å²) in [6.45, 7) is 4.13. The van der Waals surface area contributed by atoms with Crippen molar-refractivity contribution in [3.8, 4) is 5.75 Å². The molecule has 57 heavy (non-hydrogen) atoms. The first kappa shape index (κ1) is 44.2. The van der Waals surface area contributed by atoms with E-state index >= 15 is 0 Å². The topological polar surface area (TPSA) is 273 Å². The lowest BCUT2D eigenvalue weighted by Crippen LogP contribution is -2.53. The molecule has 3 heterocycles. The van der Waals surface area contributed by atoms with Crippen molar-refractivity contribution in [3.05, 3.63) is 83.6 Å². The van der Waals surface area contributed by atoms with Crippen LogP contribution in [0.25, 0.3) is 0 Å². The highest BCUT2D eigenvalue weighted by Gasteiger charge is 2.36. The molecule has 0 radical (unpaired) electrons. The van der Waals surface area contributed by atoms with Crippen molar-refractivity contribution in [2.45, 2.75) is 63.4 Å². The van der Waals surface area contributed by atoms with Crippen molar-refractivity contribution >= 4 is 46.2 Å². The SMILES string of the molecule is CC(C)C[C@H]1C(=O)N[C@H](C(=O)NCC(=O)NCCCNC(=O)c2ccc(N=NCc3ccccc3S(O)(O)O)nc2)Cc2ccc(cc2)OCCC[C@@H]1C(=O)NO. The van der Waals surface area contributed by atoms with Gasteiger partial charge < -0.3 is 39.7 Å². The van der Waals surface area contributed by atoms with Crippen LogP contribution in [0.3, 0.4) is 0 Å². The summed E-state index contributed by atoms with van der Waals surface area (Å²) in [5.74, 6) is -3.56. The van der Waals surface area contributed by atoms with E-state index in [0.717, 1.165) is 5.56 Å². The van der Waals surface area contributed by atoms with Gasteiger partial charge in [-0.25, -0.2) is 10.5 Å². The minimum absolute atomic E-state index is 0.0264. The molecule has 0 saturated heterocycles. The molecule has 0 saturated carbocycles. The van der Waals surface area contributed by atoms with Gasteiger partial charge >= 0.3 is 0 Å². The van der Waals surface area contributed by atoms with Crippen molar-refractivity contribution in [2.24, 2.45) is 28.0 Å². The average Bonchev–Trinajstić information content (AvgIpc) is 3.18. The van der Waals surface area contributed by atoms with Crippen LogP contribution in [0.4, 0.5) is 5.82 Å². The highest BCUT2D eigenvalue weighted by Crippen LogP contribution is 2.45. The Bertz CT molecular complexity index is 1860. The van der Waals surface area contributed by atoms with E-state index in [4.69, 9.17) is 4.74 Å². The van der Waals surface area contributed by atoms with Crippen LogP contribution in [0.1, 0.15) is 61.0 Å². The summed E-state index contributed by atoms with van der Waals surface area (Å²) in [5, 5.41) is 28.2. The van der Waals surface area contributed by atoms with Crippen LogP contribution in [-0.2, 0) is 32.1 Å². The monoisotopic (exact) mass is 810 g/mol. The van der Waals surface area contributed by atoms with Crippen molar-refractivity contribution in [2.75, 3.05) is 26.2 Å². The maximum absolute atomic E-state index is 13.7. The lowest BCUT2D eigenvalue weighted by molar-refractivity contribution is -0.142. The van der Waals surface area contributed by atoms with Crippen molar-refractivity contribution in [3.63, 3.8) is 0 Å². The Morgan fingerprint density at radius 2 is 1.70 bits per heavy atom. The predicted octanol–water partition coefficient (Wildman–Crippen LogP) is 3.98. The molecule has 0 fully saturated rings. The molecule has 3 aromatic rings. The first-order chi connectivity index (χ1) is 27.2. The first-order valence-corrected chi connectivity index (χ1v) is 20.0. The van der Waals surface area contributed by atoms with Crippen molar-refractivity contribution < 1.29 is 47.6 Å². The second-order valence-electron chi connectivity index (χ2n) is 13.8. The molecule has 1 aromatic heterocycles. The minimum atomic E-state index is -3.92. The Morgan fingerprint density at radius 1 is 0.965 bits per heavy atom. The molecule has 0 spiro atoms. The van der Waals surface area contributed by atoms with Gasteiger partial charge in [0.2, 0.25) is 23.6 Å². The molecular formula is C38H50N8O10S. The molecule has 0 aliphatic carbocycles. The number of rotatable bonds is 15. The molecule has 0 unspecified atom stereocenters. The number of nitrogens with zero attached hydrogens (tertiary/aromatic N) is 3. The van der Waals surface area contributed by atoms with Gasteiger partial charge in [0.05, 0.1) is 36.1 Å². The smallest absolute Gasteiger partial charge is 0.252 e. The van der Waals surface area contributed by atoms with Gasteiger partial charge in [0, 0.05) is 31.6 Å². The van der Waals surface area contributed by atoms with Crippen LogP contribution in [-0.4, -0.2) is 85.7 Å². The number of fused-ring (bicyclic) bond motifs is 11. The molecular weight excluding hydrogens is 761 g/mol. The largest absolute Gasteiger partial charge is 0.494 e. The third kappa shape index (κ3) is 14.2. The number of hydrogen-bond acceptors (Lipinski definition) is 13. The van der Waals surface area contributed by atoms with Crippen molar-refractivity contribution in [1.82, 2.24) is 31.7 Å². The Kier molecular flexibility index (Phi) is 16.9. The summed E-state index contributed by atoms with van der Waals surface area (Å²) in [4.78, 5) is 69.1. The number of azo groups is 1. The number of benzene rings is 2. The second kappa shape index (κ2) is 21.7. The fraction of sp³-hybridized carbons (Fsp3) is 0.421. The first-order valence-electron chi connectivity index (χ1n) is 18.5. The molecule has 2 aromatic carbocycles. The molecule has 2 aliphatic rings. The predicted molar refractivity (Wildman–Crippen MR) is 209 cm³/mol. The van der Waals surface area contributed by atoms with E-state index in [1.54, 1.807) is 47.9 Å². The lowest BCUT2D eigenvalue weighted by Gasteiger charge is -2.28. The molecule has 5 rings (SSSR count). The highest BCUT2D eigenvalue weighted by molar-refractivity contribution is 8.19. The van der Waals surface area contributed by atoms with Gasteiger partial charge in [0.15, 0.2) is 5.82 Å². The number of nitrogens with one attached hydrogen (secondary N) is 5. The Balaban J connectivity index is 1.24. The fourth-order valence-electron chi connectivity index (χ4n) is 6.14. The molecule has 5 amide bonds. The number of carbonyl (C=O) groups excluding carboxylic acids is 5. The number of pyridine rings is 1. The van der Waals surface area contributed by atoms with Gasteiger partial charge in [-0.05, 0) is 73.1 Å². The zero-order valence-electron chi connectivity index (χ0n) is 31.7. The van der Waals surface area contributed by atoms with Crippen LogP contribution in [0.15, 0.2) is 82.0 Å². The molecule has 19 heteroatoms. The van der Waals surface area contributed by atoms with Crippen LogP contribution < -0.4 is 31.5 Å². The number of hydroxylamine groups is 1. The van der Waals surface area contributed by atoms with Crippen LogP contribution in [0.5, 0.6) is 5.75 Å². The van der Waals surface area contributed by atoms with E-state index < -0.39 is 58.3 Å². The summed E-state index contributed by atoms with van der Waals surface area (Å²) >= 11 is 0. The average molecular weight is 811 g/mol. The zero-order valence-corrected chi connectivity index (χ0v) is 32.5. The molecule has 18 nitrogen and oxygen atoms in total. The van der Waals surface area contributed by atoms with Gasteiger partial charge in [-0.1, -0.05) is 44.2 Å². The maximum Gasteiger partial charge on any atom is 0.252 e. The highest BCUT2D eigenvalue weighted by atomic mass is 32.3. The normalized spacial score (nSPS) is 17.9. The van der Waals surface area contributed by atoms with Crippen LogP contribution in [0, 0.1) is 17.8 Å². The standard InChI is InChI=1S/C38H50N8O10S/c1-24(2)19-30-29(37(50)46-52)8-5-18-56-28-13-10-25(11-14-28)20-31(44-36(30)49)38(51)42-23-34(47)39-16-6-17-40-35(48)27-12-15-33(41-21-27)45-43-22-26-7-3-4-9-32(26)57(53,54)55/h3-4,7,9-15,21,24,29-31,52-55H,5-6,8,16-20,22-23H2,1-2H3,(H,39,47)(H,40,48)(H,42,51)(H,44,49)(H,46,50)/t29-,30+,31-/m0/s1. The molecule has 9 N–H and O–H groups in total. The van der Waals surface area contributed by atoms with E-state index in [0.29, 0.717) is 37.2 Å². The summed E-state index contributed by atoms with van der Waals surface area (Å²) in [5.41, 5.74) is 3.05. The summed E-state index contributed by atoms with van der Waals surface area (Å²) in [6.07, 6.45) is 2.84. The summed E-state index contributed by atoms with van der Waals surface area (Å²) < 4.78 is 34.6. The van der Waals surface area contributed by atoms with Crippen LogP contribution >= 0.6 is 10.9 Å². The van der Waals surface area contributed by atoms with Gasteiger partial charge in [-0.3, -0.25) is 29.2 Å². The van der Waals surface area contributed by atoms with E-state index in [9.17, 15) is 42.8 Å². The van der Waals surface area contributed by atoms with Crippen molar-refractivity contribution in [1.29, 1.82) is 0 Å². The second-order valence-corrected chi connectivity index (χ2v) is 15.3. The van der Waals surface area contributed by atoms with Gasteiger partial charge in [0.25, 0.3) is 5.91 Å². The Morgan fingerprint density at radius 3 is 2.39 bits per heavy atom. The third-order valence-corrected chi connectivity index (χ3v) is 9.98. The Labute approximate surface area is 331 Å². The third-order valence-electron chi connectivity index (χ3n) is 9.00. The van der Waals surface area contributed by atoms with E-state index in [1.807, 2.05) is 13.8 Å². The Hall–Kier alpha value is -5.47. The number of hydrogen-bond donors (Lipinski definition) is 9. The summed E-state index contributed by atoms with van der Waals surface area (Å²) in [6, 6.07) is 15.2. The van der Waals surface area contributed by atoms with Gasteiger partial charge in [-0.15, -0.1) is 5.11 Å². The number of ether oxygens (including phenoxy) is 1. The molecule has 3 atom stereocenters. The molecule has 2 aliphatic heterocycles. The van der Waals surface area contributed by atoms with Crippen LogP contribution in [0.2, 0.25) is 0 Å². The molecule has 308 valence electrons.